The van der Waals surface area contributed by atoms with Crippen molar-refractivity contribution in [2.45, 2.75) is 0 Å². The lowest BCUT2D eigenvalue weighted by atomic mass is 9.91. The summed E-state index contributed by atoms with van der Waals surface area (Å²) >= 11 is 0. The molecule has 0 aliphatic heterocycles. The second-order valence-electron chi connectivity index (χ2n) is 16.4. The SMILES string of the molecule is c1ccc(-c2ccc(-c3ccc(N(c4ccc(-c5ccc6ccccc6c5)cc4)c4ccccc4-c4cccc5oc6c7ccccc7ccc6c45)cc3)cc2-c2ccccc2)cc1. The van der Waals surface area contributed by atoms with Gasteiger partial charge in [0.05, 0.1) is 5.69 Å². The van der Waals surface area contributed by atoms with Gasteiger partial charge in [-0.1, -0.05) is 194 Å². The van der Waals surface area contributed by atoms with Gasteiger partial charge in [0.25, 0.3) is 0 Å². The Morgan fingerprint density at radius 2 is 0.828 bits per heavy atom. The van der Waals surface area contributed by atoms with Crippen molar-refractivity contribution in [2.75, 3.05) is 4.90 Å². The Balaban J connectivity index is 1.000. The van der Waals surface area contributed by atoms with E-state index in [4.69, 9.17) is 4.42 Å². The maximum atomic E-state index is 6.69. The predicted molar refractivity (Wildman–Crippen MR) is 271 cm³/mol. The minimum atomic E-state index is 0.877. The van der Waals surface area contributed by atoms with E-state index in [2.05, 4.69) is 254 Å². The highest BCUT2D eigenvalue weighted by Crippen LogP contribution is 2.46. The lowest BCUT2D eigenvalue weighted by molar-refractivity contribution is 0.673. The minimum absolute atomic E-state index is 0.877. The van der Waals surface area contributed by atoms with Gasteiger partial charge in [0.1, 0.15) is 11.2 Å². The summed E-state index contributed by atoms with van der Waals surface area (Å²) < 4.78 is 6.69. The van der Waals surface area contributed by atoms with Gasteiger partial charge in [-0.3, -0.25) is 0 Å². The summed E-state index contributed by atoms with van der Waals surface area (Å²) in [6.45, 7) is 0. The molecule has 11 aromatic carbocycles. The monoisotopic (exact) mass is 815 g/mol. The van der Waals surface area contributed by atoms with Crippen LogP contribution < -0.4 is 4.90 Å². The molecule has 0 N–H and O–H groups in total. The number of benzene rings is 11. The van der Waals surface area contributed by atoms with Crippen LogP contribution in [-0.4, -0.2) is 0 Å². The molecule has 0 saturated heterocycles. The second kappa shape index (κ2) is 15.8. The van der Waals surface area contributed by atoms with Gasteiger partial charge in [0.15, 0.2) is 0 Å². The molecule has 12 aromatic rings. The normalized spacial score (nSPS) is 11.4. The Morgan fingerprint density at radius 1 is 0.281 bits per heavy atom. The average molecular weight is 816 g/mol. The molecule has 0 amide bonds. The van der Waals surface area contributed by atoms with Crippen LogP contribution >= 0.6 is 0 Å². The molecule has 0 aliphatic carbocycles. The molecule has 0 spiro atoms. The average Bonchev–Trinajstić information content (AvgIpc) is 3.77. The smallest absolute Gasteiger partial charge is 0.143 e. The van der Waals surface area contributed by atoms with E-state index in [1.807, 2.05) is 0 Å². The highest BCUT2D eigenvalue weighted by molar-refractivity contribution is 6.19. The van der Waals surface area contributed by atoms with Gasteiger partial charge in [-0.2, -0.15) is 0 Å². The Morgan fingerprint density at radius 3 is 1.56 bits per heavy atom. The number of furan rings is 1. The molecular weight excluding hydrogens is 775 g/mol. The topological polar surface area (TPSA) is 16.4 Å². The summed E-state index contributed by atoms with van der Waals surface area (Å²) in [5.41, 5.74) is 16.8. The molecule has 12 rings (SSSR count). The molecule has 0 saturated carbocycles. The molecule has 0 atom stereocenters. The number of nitrogens with zero attached hydrogens (tertiary/aromatic N) is 1. The Hall–Kier alpha value is -8.46. The quantitative estimate of drug-likeness (QED) is 0.152. The van der Waals surface area contributed by atoms with Crippen LogP contribution in [0.4, 0.5) is 17.1 Å². The van der Waals surface area contributed by atoms with E-state index < -0.39 is 0 Å². The van der Waals surface area contributed by atoms with Crippen LogP contribution in [0.1, 0.15) is 0 Å². The van der Waals surface area contributed by atoms with Gasteiger partial charge >= 0.3 is 0 Å². The third-order valence-electron chi connectivity index (χ3n) is 12.7. The van der Waals surface area contributed by atoms with Crippen molar-refractivity contribution < 1.29 is 4.42 Å². The Kier molecular flexibility index (Phi) is 9.20. The van der Waals surface area contributed by atoms with Crippen LogP contribution in [0.2, 0.25) is 0 Å². The number of hydrogen-bond acceptors (Lipinski definition) is 2. The number of rotatable bonds is 8. The molecule has 2 heteroatoms. The van der Waals surface area contributed by atoms with Crippen LogP contribution in [-0.2, 0) is 0 Å². The van der Waals surface area contributed by atoms with Crippen LogP contribution in [0.3, 0.4) is 0 Å². The van der Waals surface area contributed by atoms with Gasteiger partial charge in [0.2, 0.25) is 0 Å². The van der Waals surface area contributed by atoms with Crippen LogP contribution in [0.25, 0.3) is 99.1 Å². The van der Waals surface area contributed by atoms with Crippen molar-refractivity contribution in [2.24, 2.45) is 0 Å². The first kappa shape index (κ1) is 37.3. The summed E-state index contributed by atoms with van der Waals surface area (Å²) in [6, 6.07) is 89.6. The van der Waals surface area contributed by atoms with Gasteiger partial charge < -0.3 is 9.32 Å². The fraction of sp³-hybridized carbons (Fsp3) is 0. The number of para-hydroxylation sites is 1. The first-order valence-electron chi connectivity index (χ1n) is 21.9. The highest BCUT2D eigenvalue weighted by Gasteiger charge is 2.21. The molecule has 0 bridgehead atoms. The molecule has 0 unspecified atom stereocenters. The molecule has 0 aliphatic rings. The zero-order valence-corrected chi connectivity index (χ0v) is 35.0. The van der Waals surface area contributed by atoms with E-state index in [1.165, 1.54) is 55.1 Å². The highest BCUT2D eigenvalue weighted by atomic mass is 16.3. The summed E-state index contributed by atoms with van der Waals surface area (Å²) in [4.78, 5) is 2.40. The van der Waals surface area contributed by atoms with Crippen molar-refractivity contribution in [1.29, 1.82) is 0 Å². The molecule has 0 radical (unpaired) electrons. The number of hydrogen-bond donors (Lipinski definition) is 0. The molecule has 0 fully saturated rings. The molecule has 1 heterocycles. The Bertz CT molecular complexity index is 3640. The minimum Gasteiger partial charge on any atom is -0.455 e. The van der Waals surface area contributed by atoms with E-state index in [0.29, 0.717) is 0 Å². The van der Waals surface area contributed by atoms with Gasteiger partial charge in [-0.25, -0.2) is 0 Å². The standard InChI is InChI=1S/C62H41NO/c1-3-15-45(16-4-1)53-38-33-50(41-58(53)46-17-5-2-6-18-46)44-30-36-52(37-31-44)63(51-34-28-43(29-35-51)49-27-26-42-14-7-8-20-48(42)40-49)59-24-12-11-22-55(59)56-23-13-25-60-61(56)57-39-32-47-19-9-10-21-54(47)62(57)64-60/h1-41H. The predicted octanol–water partition coefficient (Wildman–Crippen LogP) is 17.7. The zero-order valence-electron chi connectivity index (χ0n) is 35.0. The molecular formula is C62H41NO. The van der Waals surface area contributed by atoms with Crippen molar-refractivity contribution in [3.05, 3.63) is 249 Å². The van der Waals surface area contributed by atoms with Gasteiger partial charge in [0, 0.05) is 33.1 Å². The van der Waals surface area contributed by atoms with E-state index in [1.54, 1.807) is 0 Å². The van der Waals surface area contributed by atoms with Crippen molar-refractivity contribution in [3.8, 4) is 55.6 Å². The van der Waals surface area contributed by atoms with Gasteiger partial charge in [-0.05, 0) is 121 Å². The summed E-state index contributed by atoms with van der Waals surface area (Å²) in [7, 11) is 0. The van der Waals surface area contributed by atoms with Crippen molar-refractivity contribution in [1.82, 2.24) is 0 Å². The van der Waals surface area contributed by atoms with Crippen LogP contribution in [0.15, 0.2) is 253 Å². The fourth-order valence-corrected chi connectivity index (χ4v) is 9.53. The third-order valence-corrected chi connectivity index (χ3v) is 12.7. The first-order valence-corrected chi connectivity index (χ1v) is 21.9. The Labute approximate surface area is 372 Å². The molecule has 300 valence electrons. The first-order chi connectivity index (χ1) is 31.7. The van der Waals surface area contributed by atoms with E-state index in [0.717, 1.165) is 61.1 Å². The maximum Gasteiger partial charge on any atom is 0.143 e. The van der Waals surface area contributed by atoms with Gasteiger partial charge in [-0.15, -0.1) is 0 Å². The summed E-state index contributed by atoms with van der Waals surface area (Å²) in [5.74, 6) is 0. The number of anilines is 3. The summed E-state index contributed by atoms with van der Waals surface area (Å²) in [6.07, 6.45) is 0. The maximum absolute atomic E-state index is 6.69. The molecule has 64 heavy (non-hydrogen) atoms. The summed E-state index contributed by atoms with van der Waals surface area (Å²) in [5, 5.41) is 6.99. The van der Waals surface area contributed by atoms with Crippen molar-refractivity contribution >= 4 is 60.5 Å². The zero-order chi connectivity index (χ0) is 42.4. The van der Waals surface area contributed by atoms with E-state index in [9.17, 15) is 0 Å². The van der Waals surface area contributed by atoms with Crippen molar-refractivity contribution in [3.63, 3.8) is 0 Å². The fourth-order valence-electron chi connectivity index (χ4n) is 9.53. The van der Waals surface area contributed by atoms with Crippen LogP contribution in [0.5, 0.6) is 0 Å². The second-order valence-corrected chi connectivity index (χ2v) is 16.4. The van der Waals surface area contributed by atoms with Crippen LogP contribution in [0, 0.1) is 0 Å². The lowest BCUT2D eigenvalue weighted by Gasteiger charge is -2.28. The third kappa shape index (κ3) is 6.61. The number of fused-ring (bicyclic) bond motifs is 6. The lowest BCUT2D eigenvalue weighted by Crippen LogP contribution is -2.11. The largest absolute Gasteiger partial charge is 0.455 e. The molecule has 2 nitrogen and oxygen atoms in total. The van der Waals surface area contributed by atoms with E-state index >= 15 is 0 Å². The molecule has 1 aromatic heterocycles. The van der Waals surface area contributed by atoms with E-state index in [-0.39, 0.29) is 0 Å².